The van der Waals surface area contributed by atoms with Crippen molar-refractivity contribution in [3.63, 3.8) is 0 Å². The van der Waals surface area contributed by atoms with Crippen molar-refractivity contribution in [1.29, 1.82) is 0 Å². The maximum absolute atomic E-state index is 13.0. The summed E-state index contributed by atoms with van der Waals surface area (Å²) in [5.41, 5.74) is 5.08. The zero-order chi connectivity index (χ0) is 22.2. The van der Waals surface area contributed by atoms with Gasteiger partial charge in [-0.15, -0.1) is 0 Å². The molecule has 0 unspecified atom stereocenters. The molecule has 1 aromatic carbocycles. The smallest absolute Gasteiger partial charge is 0.276 e. The van der Waals surface area contributed by atoms with E-state index in [4.69, 9.17) is 0 Å². The molecule has 4 aromatic rings. The molecule has 3 aromatic heterocycles. The first-order valence-corrected chi connectivity index (χ1v) is 11.4. The van der Waals surface area contributed by atoms with Gasteiger partial charge in [-0.3, -0.25) is 19.8 Å². The summed E-state index contributed by atoms with van der Waals surface area (Å²) in [6.07, 6.45) is 7.96. The number of hydrogen-bond donors (Lipinski definition) is 2. The molecule has 2 aliphatic rings. The quantitative estimate of drug-likeness (QED) is 0.476. The Bertz CT molecular complexity index is 1310. The number of likely N-dealkylation sites (tertiary alicyclic amines) is 1. The van der Waals surface area contributed by atoms with Crippen molar-refractivity contribution in [2.45, 2.75) is 19.4 Å². The van der Waals surface area contributed by atoms with Crippen LogP contribution in [0.1, 0.15) is 28.9 Å². The van der Waals surface area contributed by atoms with Crippen LogP contribution >= 0.6 is 0 Å². The summed E-state index contributed by atoms with van der Waals surface area (Å²) in [6.45, 7) is 5.31. The van der Waals surface area contributed by atoms with Gasteiger partial charge in [0.25, 0.3) is 5.91 Å². The van der Waals surface area contributed by atoms with Crippen LogP contribution in [0.2, 0.25) is 0 Å². The molecule has 166 valence electrons. The molecule has 0 radical (unpaired) electrons. The highest BCUT2D eigenvalue weighted by molar-refractivity contribution is 6.11. The summed E-state index contributed by atoms with van der Waals surface area (Å²) in [5, 5.41) is 11.0. The van der Waals surface area contributed by atoms with Gasteiger partial charge in [0.15, 0.2) is 5.69 Å². The molecule has 8 heteroatoms. The minimum atomic E-state index is -0.262. The lowest BCUT2D eigenvalue weighted by Crippen LogP contribution is -2.37. The van der Waals surface area contributed by atoms with Crippen LogP contribution in [0.25, 0.3) is 22.0 Å². The molecule has 0 spiro atoms. The summed E-state index contributed by atoms with van der Waals surface area (Å²) in [4.78, 5) is 26.5. The summed E-state index contributed by atoms with van der Waals surface area (Å²) in [6, 6.07) is 12.0. The van der Waals surface area contributed by atoms with Crippen molar-refractivity contribution >= 4 is 28.3 Å². The molecule has 8 nitrogen and oxygen atoms in total. The van der Waals surface area contributed by atoms with Gasteiger partial charge in [-0.25, -0.2) is 4.98 Å². The monoisotopic (exact) mass is 439 g/mol. The Morgan fingerprint density at radius 1 is 0.970 bits per heavy atom. The highest BCUT2D eigenvalue weighted by Crippen LogP contribution is 2.27. The van der Waals surface area contributed by atoms with E-state index in [2.05, 4.69) is 41.3 Å². The summed E-state index contributed by atoms with van der Waals surface area (Å²) >= 11 is 0. The number of fused-ring (bicyclic) bond motifs is 1. The number of H-pyrrole nitrogens is 1. The zero-order valence-electron chi connectivity index (χ0n) is 18.3. The Morgan fingerprint density at radius 2 is 1.85 bits per heavy atom. The number of amides is 1. The van der Waals surface area contributed by atoms with E-state index in [0.717, 1.165) is 60.6 Å². The van der Waals surface area contributed by atoms with Gasteiger partial charge in [-0.2, -0.15) is 5.10 Å². The third kappa shape index (κ3) is 3.93. The first-order chi connectivity index (χ1) is 16.2. The van der Waals surface area contributed by atoms with E-state index in [-0.39, 0.29) is 5.91 Å². The van der Waals surface area contributed by atoms with Crippen molar-refractivity contribution in [1.82, 2.24) is 25.1 Å². The number of aromatic nitrogens is 4. The molecule has 6 rings (SSSR count). The van der Waals surface area contributed by atoms with E-state index in [1.165, 1.54) is 18.4 Å². The Morgan fingerprint density at radius 3 is 2.58 bits per heavy atom. The van der Waals surface area contributed by atoms with Crippen molar-refractivity contribution in [3.05, 3.63) is 66.2 Å². The standard InChI is InChI=1S/C25H25N7O/c33-25(28-20-4-6-23(27-15-20)32-9-2-10-32)24-21-12-18(3-5-22(21)29-30-24)19-11-17(13-26-14-19)16-31-7-1-8-31/h3-6,11-15H,1-2,7-10,16H2,(H,28,33)(H,29,30). The predicted molar refractivity (Wildman–Crippen MR) is 128 cm³/mol. The highest BCUT2D eigenvalue weighted by Gasteiger charge is 2.18. The lowest BCUT2D eigenvalue weighted by atomic mass is 10.0. The topological polar surface area (TPSA) is 90.0 Å². The number of carbonyl (C=O) groups is 1. The fraction of sp³-hybridized carbons (Fsp3) is 0.280. The Hall–Kier alpha value is -3.78. The minimum Gasteiger partial charge on any atom is -0.356 e. The second-order valence-electron chi connectivity index (χ2n) is 8.74. The minimum absolute atomic E-state index is 0.262. The molecule has 0 atom stereocenters. The van der Waals surface area contributed by atoms with Gasteiger partial charge in [-0.1, -0.05) is 6.07 Å². The molecule has 5 heterocycles. The van der Waals surface area contributed by atoms with Gasteiger partial charge >= 0.3 is 0 Å². The molecular formula is C25H25N7O. The fourth-order valence-electron chi connectivity index (χ4n) is 4.28. The molecule has 33 heavy (non-hydrogen) atoms. The zero-order valence-corrected chi connectivity index (χ0v) is 18.3. The molecule has 2 fully saturated rings. The third-order valence-corrected chi connectivity index (χ3v) is 6.45. The lowest BCUT2D eigenvalue weighted by Gasteiger charge is -2.31. The van der Waals surface area contributed by atoms with E-state index in [0.29, 0.717) is 11.4 Å². The van der Waals surface area contributed by atoms with Crippen molar-refractivity contribution < 1.29 is 4.79 Å². The van der Waals surface area contributed by atoms with Crippen molar-refractivity contribution in [2.75, 3.05) is 36.4 Å². The molecular weight excluding hydrogens is 414 g/mol. The van der Waals surface area contributed by atoms with Crippen LogP contribution in [-0.2, 0) is 6.54 Å². The van der Waals surface area contributed by atoms with Gasteiger partial charge in [0.1, 0.15) is 5.82 Å². The maximum atomic E-state index is 13.0. The van der Waals surface area contributed by atoms with E-state index in [1.54, 1.807) is 6.20 Å². The number of benzene rings is 1. The fourth-order valence-corrected chi connectivity index (χ4v) is 4.28. The number of rotatable bonds is 6. The Balaban J connectivity index is 1.23. The molecule has 1 amide bonds. The van der Waals surface area contributed by atoms with Crippen LogP contribution in [0.3, 0.4) is 0 Å². The van der Waals surface area contributed by atoms with Crippen molar-refractivity contribution in [2.24, 2.45) is 0 Å². The van der Waals surface area contributed by atoms with Crippen LogP contribution in [0.15, 0.2) is 55.0 Å². The summed E-state index contributed by atoms with van der Waals surface area (Å²) in [5.74, 6) is 0.681. The van der Waals surface area contributed by atoms with Crippen LogP contribution in [0.4, 0.5) is 11.5 Å². The third-order valence-electron chi connectivity index (χ3n) is 6.45. The van der Waals surface area contributed by atoms with Crippen molar-refractivity contribution in [3.8, 4) is 11.1 Å². The number of carbonyl (C=O) groups excluding carboxylic acids is 1. The number of aromatic amines is 1. The molecule has 2 N–H and O–H groups in total. The molecule has 0 aliphatic carbocycles. The first kappa shape index (κ1) is 19.9. The van der Waals surface area contributed by atoms with Gasteiger partial charge < -0.3 is 10.2 Å². The highest BCUT2D eigenvalue weighted by atomic mass is 16.1. The Labute approximate surface area is 191 Å². The number of nitrogens with zero attached hydrogens (tertiary/aromatic N) is 5. The lowest BCUT2D eigenvalue weighted by molar-refractivity contribution is 0.102. The second kappa shape index (κ2) is 8.29. The predicted octanol–water partition coefficient (Wildman–Crippen LogP) is 3.69. The SMILES string of the molecule is O=C(Nc1ccc(N2CCC2)nc1)c1n[nH]c2ccc(-c3cncc(CN4CCC4)c3)cc12. The number of pyridine rings is 2. The van der Waals surface area contributed by atoms with E-state index in [9.17, 15) is 4.79 Å². The molecule has 2 saturated heterocycles. The van der Waals surface area contributed by atoms with Crippen LogP contribution < -0.4 is 10.2 Å². The molecule has 0 saturated carbocycles. The molecule has 0 bridgehead atoms. The van der Waals surface area contributed by atoms with Gasteiger partial charge in [0, 0.05) is 43.0 Å². The van der Waals surface area contributed by atoms with Crippen LogP contribution in [-0.4, -0.2) is 57.2 Å². The second-order valence-corrected chi connectivity index (χ2v) is 8.74. The normalized spacial score (nSPS) is 15.8. The van der Waals surface area contributed by atoms with Crippen LogP contribution in [0.5, 0.6) is 0 Å². The molecule has 2 aliphatic heterocycles. The van der Waals surface area contributed by atoms with Gasteiger partial charge in [-0.05, 0) is 67.4 Å². The maximum Gasteiger partial charge on any atom is 0.276 e. The summed E-state index contributed by atoms with van der Waals surface area (Å²) in [7, 11) is 0. The van der Waals surface area contributed by atoms with E-state index < -0.39 is 0 Å². The van der Waals surface area contributed by atoms with E-state index >= 15 is 0 Å². The Kier molecular flexibility index (Phi) is 4.99. The number of anilines is 2. The number of nitrogens with one attached hydrogen (secondary N) is 2. The van der Waals surface area contributed by atoms with Gasteiger partial charge in [0.2, 0.25) is 0 Å². The first-order valence-electron chi connectivity index (χ1n) is 11.4. The van der Waals surface area contributed by atoms with Gasteiger partial charge in [0.05, 0.1) is 17.4 Å². The van der Waals surface area contributed by atoms with Crippen LogP contribution in [0, 0.1) is 0 Å². The average molecular weight is 440 g/mol. The average Bonchev–Trinajstić information content (AvgIpc) is 3.20. The van der Waals surface area contributed by atoms with E-state index in [1.807, 2.05) is 42.7 Å². The number of hydrogen-bond acceptors (Lipinski definition) is 6. The largest absolute Gasteiger partial charge is 0.356 e. The summed E-state index contributed by atoms with van der Waals surface area (Å²) < 4.78 is 0.